The fourth-order valence-corrected chi connectivity index (χ4v) is 2.83. The van der Waals surface area contributed by atoms with Crippen molar-refractivity contribution in [1.82, 2.24) is 4.98 Å². The number of aryl methyl sites for hydroxylation is 1. The zero-order chi connectivity index (χ0) is 12.8. The predicted octanol–water partition coefficient (Wildman–Crippen LogP) is 4.46. The van der Waals surface area contributed by atoms with Gasteiger partial charge in [-0.3, -0.25) is 4.98 Å². The number of hydrogen-bond donors (Lipinski definition) is 0. The zero-order valence-electron chi connectivity index (χ0n) is 9.77. The fraction of sp³-hybridized carbons (Fsp3) is 0.214. The summed E-state index contributed by atoms with van der Waals surface area (Å²) < 4.78 is 14.3. The van der Waals surface area contributed by atoms with E-state index < -0.39 is 0 Å². The van der Waals surface area contributed by atoms with Gasteiger partial charge in [0.1, 0.15) is 5.82 Å². The molecule has 0 aliphatic rings. The normalized spacial score (nSPS) is 10.6. The molecule has 2 rings (SSSR count). The summed E-state index contributed by atoms with van der Waals surface area (Å²) in [5.74, 6) is 1.51. The highest BCUT2D eigenvalue weighted by Crippen LogP contribution is 2.20. The van der Waals surface area contributed by atoms with Crippen molar-refractivity contribution in [1.29, 1.82) is 0 Å². The Labute approximate surface area is 119 Å². The molecule has 0 aliphatic heterocycles. The first-order valence-electron chi connectivity index (χ1n) is 5.67. The van der Waals surface area contributed by atoms with Crippen LogP contribution in [0.5, 0.6) is 0 Å². The van der Waals surface area contributed by atoms with Crippen molar-refractivity contribution in [3.63, 3.8) is 0 Å². The van der Waals surface area contributed by atoms with Gasteiger partial charge in [-0.2, -0.15) is 11.8 Å². The van der Waals surface area contributed by atoms with Crippen LogP contribution >= 0.6 is 27.7 Å². The van der Waals surface area contributed by atoms with Crippen molar-refractivity contribution in [2.75, 3.05) is 5.75 Å². The topological polar surface area (TPSA) is 12.9 Å². The Kier molecular flexibility index (Phi) is 5.20. The molecule has 94 valence electrons. The van der Waals surface area contributed by atoms with Crippen LogP contribution in [0.25, 0.3) is 0 Å². The summed E-state index contributed by atoms with van der Waals surface area (Å²) in [7, 11) is 0. The van der Waals surface area contributed by atoms with Gasteiger partial charge in [0.25, 0.3) is 0 Å². The summed E-state index contributed by atoms with van der Waals surface area (Å²) in [6.45, 7) is 0. The van der Waals surface area contributed by atoms with E-state index in [0.29, 0.717) is 5.75 Å². The Morgan fingerprint density at radius 1 is 1.22 bits per heavy atom. The van der Waals surface area contributed by atoms with Crippen LogP contribution in [0.2, 0.25) is 0 Å². The number of halogens is 2. The second-order valence-electron chi connectivity index (χ2n) is 3.86. The Balaban J connectivity index is 1.79. The van der Waals surface area contributed by atoms with Crippen molar-refractivity contribution in [3.05, 3.63) is 64.1 Å². The molecular formula is C14H13BrFNS. The smallest absolute Gasteiger partial charge is 0.128 e. The number of rotatable bonds is 5. The number of thioether (sulfide) groups is 1. The highest BCUT2D eigenvalue weighted by Gasteiger charge is 2.03. The van der Waals surface area contributed by atoms with Gasteiger partial charge in [-0.25, -0.2) is 4.39 Å². The SMILES string of the molecule is Fc1cc(Br)ccc1CSCCc1ccccn1. The van der Waals surface area contributed by atoms with E-state index in [1.165, 1.54) is 6.07 Å². The van der Waals surface area contributed by atoms with E-state index in [0.717, 1.165) is 27.9 Å². The van der Waals surface area contributed by atoms with E-state index in [1.807, 2.05) is 30.3 Å². The van der Waals surface area contributed by atoms with Crippen molar-refractivity contribution in [2.45, 2.75) is 12.2 Å². The Morgan fingerprint density at radius 2 is 2.11 bits per heavy atom. The first-order valence-corrected chi connectivity index (χ1v) is 7.62. The van der Waals surface area contributed by atoms with Crippen LogP contribution in [0, 0.1) is 5.82 Å². The van der Waals surface area contributed by atoms with Crippen molar-refractivity contribution >= 4 is 27.7 Å². The molecule has 18 heavy (non-hydrogen) atoms. The van der Waals surface area contributed by atoms with E-state index >= 15 is 0 Å². The van der Waals surface area contributed by atoms with Gasteiger partial charge in [-0.1, -0.05) is 28.1 Å². The van der Waals surface area contributed by atoms with Gasteiger partial charge in [0, 0.05) is 22.1 Å². The molecule has 2 aromatic rings. The van der Waals surface area contributed by atoms with Gasteiger partial charge in [-0.15, -0.1) is 0 Å². The lowest BCUT2D eigenvalue weighted by atomic mass is 10.2. The predicted molar refractivity (Wildman–Crippen MR) is 78.2 cm³/mol. The first kappa shape index (κ1) is 13.6. The number of benzene rings is 1. The summed E-state index contributed by atoms with van der Waals surface area (Å²) in [5.41, 5.74) is 1.84. The van der Waals surface area contributed by atoms with Crippen LogP contribution in [0.1, 0.15) is 11.3 Å². The van der Waals surface area contributed by atoms with E-state index in [4.69, 9.17) is 0 Å². The Hall–Kier alpha value is -0.870. The molecular weight excluding hydrogens is 313 g/mol. The van der Waals surface area contributed by atoms with Crippen molar-refractivity contribution < 1.29 is 4.39 Å². The molecule has 0 amide bonds. The van der Waals surface area contributed by atoms with Crippen LogP contribution < -0.4 is 0 Å². The molecule has 0 aliphatic carbocycles. The highest BCUT2D eigenvalue weighted by atomic mass is 79.9. The lowest BCUT2D eigenvalue weighted by Crippen LogP contribution is -1.93. The first-order chi connectivity index (χ1) is 8.75. The molecule has 0 saturated heterocycles. The maximum absolute atomic E-state index is 13.5. The van der Waals surface area contributed by atoms with Crippen LogP contribution in [0.3, 0.4) is 0 Å². The fourth-order valence-electron chi connectivity index (χ4n) is 1.54. The maximum Gasteiger partial charge on any atom is 0.128 e. The lowest BCUT2D eigenvalue weighted by molar-refractivity contribution is 0.616. The number of aromatic nitrogens is 1. The van der Waals surface area contributed by atoms with Crippen molar-refractivity contribution in [3.8, 4) is 0 Å². The number of nitrogens with zero attached hydrogens (tertiary/aromatic N) is 1. The Morgan fingerprint density at radius 3 is 2.83 bits per heavy atom. The lowest BCUT2D eigenvalue weighted by Gasteiger charge is -2.04. The van der Waals surface area contributed by atoms with Gasteiger partial charge in [0.05, 0.1) is 0 Å². The molecule has 0 radical (unpaired) electrons. The summed E-state index contributed by atoms with van der Waals surface area (Å²) in [6, 6.07) is 11.1. The number of pyridine rings is 1. The summed E-state index contributed by atoms with van der Waals surface area (Å²) in [4.78, 5) is 4.26. The third kappa shape index (κ3) is 4.10. The average molecular weight is 326 g/mol. The van der Waals surface area contributed by atoms with E-state index in [9.17, 15) is 4.39 Å². The van der Waals surface area contributed by atoms with Crippen molar-refractivity contribution in [2.24, 2.45) is 0 Å². The van der Waals surface area contributed by atoms with E-state index in [-0.39, 0.29) is 5.82 Å². The molecule has 0 unspecified atom stereocenters. The standard InChI is InChI=1S/C14H13BrFNS/c15-12-5-4-11(14(16)9-12)10-18-8-6-13-3-1-2-7-17-13/h1-5,7,9H,6,8,10H2. The minimum absolute atomic E-state index is 0.144. The van der Waals surface area contributed by atoms with E-state index in [1.54, 1.807) is 18.0 Å². The van der Waals surface area contributed by atoms with Crippen LogP contribution in [-0.4, -0.2) is 10.7 Å². The molecule has 1 aromatic carbocycles. The van der Waals surface area contributed by atoms with Gasteiger partial charge in [0.15, 0.2) is 0 Å². The van der Waals surface area contributed by atoms with Crippen LogP contribution in [0.4, 0.5) is 4.39 Å². The molecule has 1 aromatic heterocycles. The minimum Gasteiger partial charge on any atom is -0.261 e. The van der Waals surface area contributed by atoms with Gasteiger partial charge < -0.3 is 0 Å². The Bertz CT molecular complexity index is 504. The van der Waals surface area contributed by atoms with Gasteiger partial charge >= 0.3 is 0 Å². The maximum atomic E-state index is 13.5. The van der Waals surface area contributed by atoms with Gasteiger partial charge in [-0.05, 0) is 42.0 Å². The van der Waals surface area contributed by atoms with Gasteiger partial charge in [0.2, 0.25) is 0 Å². The van der Waals surface area contributed by atoms with Crippen LogP contribution in [-0.2, 0) is 12.2 Å². The molecule has 0 saturated carbocycles. The molecule has 0 N–H and O–H groups in total. The molecule has 0 spiro atoms. The minimum atomic E-state index is -0.144. The molecule has 4 heteroatoms. The average Bonchev–Trinajstić information content (AvgIpc) is 2.38. The zero-order valence-corrected chi connectivity index (χ0v) is 12.2. The second-order valence-corrected chi connectivity index (χ2v) is 5.88. The number of hydrogen-bond acceptors (Lipinski definition) is 2. The molecule has 0 bridgehead atoms. The summed E-state index contributed by atoms with van der Waals surface area (Å²) >= 11 is 4.98. The third-order valence-corrected chi connectivity index (χ3v) is 4.00. The largest absolute Gasteiger partial charge is 0.261 e. The summed E-state index contributed by atoms with van der Waals surface area (Å²) in [5, 5.41) is 0. The molecule has 1 heterocycles. The van der Waals surface area contributed by atoms with Crippen LogP contribution in [0.15, 0.2) is 47.1 Å². The molecule has 1 nitrogen and oxygen atoms in total. The van der Waals surface area contributed by atoms with E-state index in [2.05, 4.69) is 20.9 Å². The monoisotopic (exact) mass is 325 g/mol. The summed E-state index contributed by atoms with van der Waals surface area (Å²) in [6.07, 6.45) is 2.72. The highest BCUT2D eigenvalue weighted by molar-refractivity contribution is 9.10. The quantitative estimate of drug-likeness (QED) is 0.753. The molecule has 0 atom stereocenters. The second kappa shape index (κ2) is 6.90. The third-order valence-electron chi connectivity index (χ3n) is 2.50. The molecule has 0 fully saturated rings.